The quantitative estimate of drug-likeness (QED) is 0.840. The number of methoxy groups -OCH3 is 1. The molecule has 4 heteroatoms. The Hall–Kier alpha value is -1.55. The molecular weight excluding hydrogens is 252 g/mol. The maximum Gasteiger partial charge on any atom is 0.238 e. The number of nitrogens with one attached hydrogen (secondary N) is 2. The van der Waals surface area contributed by atoms with Crippen molar-refractivity contribution in [3.8, 4) is 5.75 Å². The van der Waals surface area contributed by atoms with Crippen molar-refractivity contribution in [3.05, 3.63) is 24.3 Å². The van der Waals surface area contributed by atoms with Crippen molar-refractivity contribution in [3.63, 3.8) is 0 Å². The molecule has 1 saturated carbocycles. The van der Waals surface area contributed by atoms with E-state index in [1.165, 1.54) is 25.7 Å². The highest BCUT2D eigenvalue weighted by Crippen LogP contribution is 2.36. The van der Waals surface area contributed by atoms with E-state index in [0.29, 0.717) is 12.0 Å². The maximum atomic E-state index is 11.9. The zero-order chi connectivity index (χ0) is 14.4. The van der Waals surface area contributed by atoms with E-state index in [9.17, 15) is 4.79 Å². The van der Waals surface area contributed by atoms with E-state index in [0.717, 1.165) is 18.0 Å². The molecule has 1 aromatic rings. The van der Waals surface area contributed by atoms with Crippen LogP contribution in [0.1, 0.15) is 32.6 Å². The second kappa shape index (κ2) is 6.75. The molecule has 0 spiro atoms. The number of amides is 1. The normalized spacial score (nSPS) is 16.9. The van der Waals surface area contributed by atoms with Gasteiger partial charge < -0.3 is 15.4 Å². The third-order valence-corrected chi connectivity index (χ3v) is 4.00. The second-order valence-corrected chi connectivity index (χ2v) is 5.90. The molecular formula is C16H24N2O2. The first kappa shape index (κ1) is 14.9. The van der Waals surface area contributed by atoms with Gasteiger partial charge in [-0.15, -0.1) is 0 Å². The molecule has 0 unspecified atom stereocenters. The topological polar surface area (TPSA) is 50.4 Å². The summed E-state index contributed by atoms with van der Waals surface area (Å²) >= 11 is 0. The molecule has 1 amide bonds. The summed E-state index contributed by atoms with van der Waals surface area (Å²) in [5.41, 5.74) is 1.14. The summed E-state index contributed by atoms with van der Waals surface area (Å²) in [5.74, 6) is 0.731. The molecule has 1 aliphatic rings. The Morgan fingerprint density at radius 1 is 1.35 bits per heavy atom. The van der Waals surface area contributed by atoms with Gasteiger partial charge in [-0.25, -0.2) is 0 Å². The molecule has 0 radical (unpaired) electrons. The SMILES string of the molecule is COc1cccc(NC(=O)CNCC2(C)CCCC2)c1. The van der Waals surface area contributed by atoms with Crippen molar-refractivity contribution in [1.82, 2.24) is 5.32 Å². The number of anilines is 1. The van der Waals surface area contributed by atoms with Crippen molar-refractivity contribution in [2.75, 3.05) is 25.5 Å². The van der Waals surface area contributed by atoms with Crippen LogP contribution in [0.2, 0.25) is 0 Å². The predicted octanol–water partition coefficient (Wildman–Crippen LogP) is 2.80. The van der Waals surface area contributed by atoms with E-state index in [1.54, 1.807) is 7.11 Å². The van der Waals surface area contributed by atoms with Crippen LogP contribution in [-0.4, -0.2) is 26.1 Å². The summed E-state index contributed by atoms with van der Waals surface area (Å²) in [6.07, 6.45) is 5.15. The van der Waals surface area contributed by atoms with E-state index in [2.05, 4.69) is 17.6 Å². The molecule has 2 N–H and O–H groups in total. The number of carbonyl (C=O) groups is 1. The van der Waals surface area contributed by atoms with Crippen molar-refractivity contribution >= 4 is 11.6 Å². The Bertz CT molecular complexity index is 454. The summed E-state index contributed by atoms with van der Waals surface area (Å²) < 4.78 is 5.13. The molecule has 1 aliphatic carbocycles. The van der Waals surface area contributed by atoms with Gasteiger partial charge >= 0.3 is 0 Å². The zero-order valence-corrected chi connectivity index (χ0v) is 12.4. The standard InChI is InChI=1S/C16H24N2O2/c1-16(8-3-4-9-16)12-17-11-15(19)18-13-6-5-7-14(10-13)20-2/h5-7,10,17H,3-4,8-9,11-12H2,1-2H3,(H,18,19). The smallest absolute Gasteiger partial charge is 0.238 e. The molecule has 1 aromatic carbocycles. The van der Waals surface area contributed by atoms with E-state index < -0.39 is 0 Å². The van der Waals surface area contributed by atoms with E-state index in [1.807, 2.05) is 24.3 Å². The molecule has 1 fully saturated rings. The van der Waals surface area contributed by atoms with Crippen molar-refractivity contribution in [2.45, 2.75) is 32.6 Å². The van der Waals surface area contributed by atoms with Gasteiger partial charge in [0.15, 0.2) is 0 Å². The lowest BCUT2D eigenvalue weighted by Gasteiger charge is -2.23. The third-order valence-electron chi connectivity index (χ3n) is 4.00. The summed E-state index contributed by atoms with van der Waals surface area (Å²) in [5, 5.41) is 6.15. The number of hydrogen-bond acceptors (Lipinski definition) is 3. The van der Waals surface area contributed by atoms with Gasteiger partial charge in [0.05, 0.1) is 13.7 Å². The Morgan fingerprint density at radius 2 is 2.10 bits per heavy atom. The summed E-state index contributed by atoms with van der Waals surface area (Å²) in [6.45, 7) is 3.57. The van der Waals surface area contributed by atoms with Crippen LogP contribution in [0, 0.1) is 5.41 Å². The number of hydrogen-bond donors (Lipinski definition) is 2. The summed E-state index contributed by atoms with van der Waals surface area (Å²) in [6, 6.07) is 7.39. The first-order valence-electron chi connectivity index (χ1n) is 7.26. The van der Waals surface area contributed by atoms with Crippen LogP contribution in [0.4, 0.5) is 5.69 Å². The van der Waals surface area contributed by atoms with Crippen LogP contribution in [0.3, 0.4) is 0 Å². The van der Waals surface area contributed by atoms with Crippen LogP contribution >= 0.6 is 0 Å². The minimum absolute atomic E-state index is 0.0140. The Morgan fingerprint density at radius 3 is 2.80 bits per heavy atom. The van der Waals surface area contributed by atoms with Crippen LogP contribution in [-0.2, 0) is 4.79 Å². The highest BCUT2D eigenvalue weighted by atomic mass is 16.5. The van der Waals surface area contributed by atoms with Gasteiger partial charge in [0.2, 0.25) is 5.91 Å². The molecule has 0 aliphatic heterocycles. The Labute approximate surface area is 120 Å². The molecule has 110 valence electrons. The van der Waals surface area contributed by atoms with E-state index in [-0.39, 0.29) is 5.91 Å². The lowest BCUT2D eigenvalue weighted by Crippen LogP contribution is -2.35. The molecule has 2 rings (SSSR count). The number of carbonyl (C=O) groups excluding carboxylic acids is 1. The average Bonchev–Trinajstić information content (AvgIpc) is 2.86. The fourth-order valence-corrected chi connectivity index (χ4v) is 2.79. The lowest BCUT2D eigenvalue weighted by molar-refractivity contribution is -0.115. The van der Waals surface area contributed by atoms with Gasteiger partial charge in [0.25, 0.3) is 0 Å². The van der Waals surface area contributed by atoms with Gasteiger partial charge in [-0.2, -0.15) is 0 Å². The Balaban J connectivity index is 1.74. The highest BCUT2D eigenvalue weighted by Gasteiger charge is 2.27. The molecule has 0 atom stereocenters. The molecule has 0 saturated heterocycles. The first-order chi connectivity index (χ1) is 9.61. The molecule has 0 aromatic heterocycles. The number of benzene rings is 1. The van der Waals surface area contributed by atoms with Crippen molar-refractivity contribution < 1.29 is 9.53 Å². The monoisotopic (exact) mass is 276 g/mol. The molecule has 0 heterocycles. The van der Waals surface area contributed by atoms with Gasteiger partial charge in [0, 0.05) is 18.3 Å². The van der Waals surface area contributed by atoms with Crippen molar-refractivity contribution in [2.24, 2.45) is 5.41 Å². The highest BCUT2D eigenvalue weighted by molar-refractivity contribution is 5.92. The molecule has 4 nitrogen and oxygen atoms in total. The van der Waals surface area contributed by atoms with Gasteiger partial charge in [-0.05, 0) is 30.4 Å². The van der Waals surface area contributed by atoms with Gasteiger partial charge in [-0.1, -0.05) is 25.8 Å². The fraction of sp³-hybridized carbons (Fsp3) is 0.562. The fourth-order valence-electron chi connectivity index (χ4n) is 2.79. The summed E-state index contributed by atoms with van der Waals surface area (Å²) in [7, 11) is 1.62. The predicted molar refractivity (Wildman–Crippen MR) is 81.1 cm³/mol. The second-order valence-electron chi connectivity index (χ2n) is 5.90. The molecule has 20 heavy (non-hydrogen) atoms. The first-order valence-corrected chi connectivity index (χ1v) is 7.26. The largest absolute Gasteiger partial charge is 0.497 e. The average molecular weight is 276 g/mol. The maximum absolute atomic E-state index is 11.9. The van der Waals surface area contributed by atoms with Crippen LogP contribution in [0.15, 0.2) is 24.3 Å². The minimum Gasteiger partial charge on any atom is -0.497 e. The van der Waals surface area contributed by atoms with Crippen LogP contribution in [0.5, 0.6) is 5.75 Å². The van der Waals surface area contributed by atoms with Gasteiger partial charge in [-0.3, -0.25) is 4.79 Å². The van der Waals surface area contributed by atoms with Gasteiger partial charge in [0.1, 0.15) is 5.75 Å². The van der Waals surface area contributed by atoms with Crippen LogP contribution in [0.25, 0.3) is 0 Å². The van der Waals surface area contributed by atoms with E-state index >= 15 is 0 Å². The molecule has 0 bridgehead atoms. The van der Waals surface area contributed by atoms with Crippen LogP contribution < -0.4 is 15.4 Å². The van der Waals surface area contributed by atoms with Crippen molar-refractivity contribution in [1.29, 1.82) is 0 Å². The minimum atomic E-state index is -0.0140. The zero-order valence-electron chi connectivity index (χ0n) is 12.4. The number of rotatable bonds is 6. The third kappa shape index (κ3) is 4.23. The lowest BCUT2D eigenvalue weighted by atomic mass is 9.89. The Kier molecular flexibility index (Phi) is 5.01. The summed E-state index contributed by atoms with van der Waals surface area (Å²) in [4.78, 5) is 11.9. The number of ether oxygens (including phenoxy) is 1. The van der Waals surface area contributed by atoms with E-state index in [4.69, 9.17) is 4.74 Å².